The molecule has 1 aliphatic heterocycles. The smallest absolute Gasteiger partial charge is 0.339 e. The van der Waals surface area contributed by atoms with Gasteiger partial charge in [0.05, 0.1) is 37.5 Å². The standard InChI is InChI=1S/C13H15ClN2O4/c1-16-7-8(12(17)19-2)4-10(13(18)20-3)11(16)5-9(14)6-15/h4,7,9,11H,5H2,1-3H3. The van der Waals surface area contributed by atoms with Crippen LogP contribution in [0.2, 0.25) is 0 Å². The van der Waals surface area contributed by atoms with Crippen LogP contribution in [0, 0.1) is 11.3 Å². The minimum atomic E-state index is -0.747. The number of nitriles is 1. The van der Waals surface area contributed by atoms with Crippen LogP contribution in [0.1, 0.15) is 6.42 Å². The maximum absolute atomic E-state index is 11.8. The number of alkyl halides is 1. The van der Waals surface area contributed by atoms with E-state index in [0.29, 0.717) is 0 Å². The Balaban J connectivity index is 3.12. The first-order valence-corrected chi connectivity index (χ1v) is 6.23. The van der Waals surface area contributed by atoms with Gasteiger partial charge in [-0.2, -0.15) is 5.26 Å². The van der Waals surface area contributed by atoms with Crippen LogP contribution in [-0.4, -0.2) is 49.5 Å². The second kappa shape index (κ2) is 6.96. The highest BCUT2D eigenvalue weighted by molar-refractivity contribution is 6.22. The van der Waals surface area contributed by atoms with Crippen LogP contribution in [0.3, 0.4) is 0 Å². The second-order valence-electron chi connectivity index (χ2n) is 4.18. The molecule has 0 aromatic heterocycles. The number of ether oxygens (including phenoxy) is 2. The fourth-order valence-electron chi connectivity index (χ4n) is 1.91. The molecule has 0 aromatic carbocycles. The normalized spacial score (nSPS) is 19.4. The molecule has 0 amide bonds. The Morgan fingerprint density at radius 2 is 2.05 bits per heavy atom. The lowest BCUT2D eigenvalue weighted by Gasteiger charge is -2.32. The van der Waals surface area contributed by atoms with Gasteiger partial charge in [-0.05, 0) is 6.08 Å². The summed E-state index contributed by atoms with van der Waals surface area (Å²) in [7, 11) is 4.19. The summed E-state index contributed by atoms with van der Waals surface area (Å²) in [5.74, 6) is -1.13. The van der Waals surface area contributed by atoms with Gasteiger partial charge in [0, 0.05) is 19.7 Å². The third-order valence-corrected chi connectivity index (χ3v) is 3.19. The molecule has 0 N–H and O–H groups in total. The number of carbonyl (C=O) groups excluding carboxylic acids is 2. The molecule has 0 saturated heterocycles. The first-order valence-electron chi connectivity index (χ1n) is 5.80. The van der Waals surface area contributed by atoms with Crippen molar-refractivity contribution in [3.05, 3.63) is 23.4 Å². The van der Waals surface area contributed by atoms with Gasteiger partial charge < -0.3 is 14.4 Å². The van der Waals surface area contributed by atoms with Crippen molar-refractivity contribution in [3.63, 3.8) is 0 Å². The van der Waals surface area contributed by atoms with Crippen LogP contribution in [-0.2, 0) is 19.1 Å². The van der Waals surface area contributed by atoms with Crippen molar-refractivity contribution in [1.29, 1.82) is 5.26 Å². The summed E-state index contributed by atoms with van der Waals surface area (Å²) < 4.78 is 9.33. The lowest BCUT2D eigenvalue weighted by Crippen LogP contribution is -2.38. The molecule has 1 rings (SSSR count). The van der Waals surface area contributed by atoms with E-state index in [0.717, 1.165) is 0 Å². The van der Waals surface area contributed by atoms with Crippen LogP contribution in [0.4, 0.5) is 0 Å². The van der Waals surface area contributed by atoms with Gasteiger partial charge in [-0.3, -0.25) is 0 Å². The number of nitrogens with zero attached hydrogens (tertiary/aromatic N) is 2. The third-order valence-electron chi connectivity index (χ3n) is 2.92. The molecule has 1 heterocycles. The van der Waals surface area contributed by atoms with Crippen molar-refractivity contribution >= 4 is 23.5 Å². The largest absolute Gasteiger partial charge is 0.466 e. The van der Waals surface area contributed by atoms with Crippen molar-refractivity contribution in [2.45, 2.75) is 17.8 Å². The summed E-state index contributed by atoms with van der Waals surface area (Å²) in [4.78, 5) is 25.0. The minimum absolute atomic E-state index is 0.231. The zero-order valence-corrected chi connectivity index (χ0v) is 12.2. The number of likely N-dealkylation sites (N-methyl/N-ethyl adjacent to an activating group) is 1. The van der Waals surface area contributed by atoms with Crippen molar-refractivity contribution in [3.8, 4) is 6.07 Å². The third kappa shape index (κ3) is 3.52. The van der Waals surface area contributed by atoms with Gasteiger partial charge in [0.25, 0.3) is 0 Å². The Hall–Kier alpha value is -2.00. The average molecular weight is 299 g/mol. The predicted molar refractivity (Wildman–Crippen MR) is 71.6 cm³/mol. The van der Waals surface area contributed by atoms with Crippen molar-refractivity contribution < 1.29 is 19.1 Å². The molecule has 0 bridgehead atoms. The van der Waals surface area contributed by atoms with Crippen LogP contribution in [0.5, 0.6) is 0 Å². The molecule has 0 radical (unpaired) electrons. The lowest BCUT2D eigenvalue weighted by atomic mass is 9.95. The van der Waals surface area contributed by atoms with Crippen LogP contribution < -0.4 is 0 Å². The highest BCUT2D eigenvalue weighted by Crippen LogP contribution is 2.25. The number of esters is 2. The molecule has 108 valence electrons. The van der Waals surface area contributed by atoms with Gasteiger partial charge in [-0.1, -0.05) is 0 Å². The Morgan fingerprint density at radius 3 is 2.55 bits per heavy atom. The molecule has 0 aromatic rings. The van der Waals surface area contributed by atoms with Gasteiger partial charge in [0.15, 0.2) is 0 Å². The van der Waals surface area contributed by atoms with Crippen molar-refractivity contribution in [2.75, 3.05) is 21.3 Å². The molecule has 0 spiro atoms. The Bertz CT molecular complexity index is 507. The molecule has 7 heteroatoms. The highest BCUT2D eigenvalue weighted by Gasteiger charge is 2.31. The summed E-state index contributed by atoms with van der Waals surface area (Å²) in [5.41, 5.74) is 0.494. The van der Waals surface area contributed by atoms with E-state index in [4.69, 9.17) is 21.6 Å². The molecular formula is C13H15ClN2O4. The molecule has 1 aliphatic rings. The van der Waals surface area contributed by atoms with Gasteiger partial charge in [-0.15, -0.1) is 11.6 Å². The first kappa shape index (κ1) is 16.1. The van der Waals surface area contributed by atoms with E-state index < -0.39 is 23.4 Å². The Morgan fingerprint density at radius 1 is 1.45 bits per heavy atom. The second-order valence-corrected chi connectivity index (χ2v) is 4.71. The number of hydrogen-bond donors (Lipinski definition) is 0. The predicted octanol–water partition coefficient (Wildman–Crippen LogP) is 0.978. The molecule has 6 nitrogen and oxygen atoms in total. The van der Waals surface area contributed by atoms with E-state index in [1.54, 1.807) is 18.1 Å². The number of hydrogen-bond acceptors (Lipinski definition) is 6. The highest BCUT2D eigenvalue weighted by atomic mass is 35.5. The maximum atomic E-state index is 11.8. The quantitative estimate of drug-likeness (QED) is 0.568. The Kier molecular flexibility index (Phi) is 5.59. The number of rotatable bonds is 4. The van der Waals surface area contributed by atoms with E-state index in [1.807, 2.05) is 6.07 Å². The SMILES string of the molecule is COC(=O)C1=CN(C)C(CC(Cl)C#N)C(C(=O)OC)=C1. The van der Waals surface area contributed by atoms with Crippen LogP contribution in [0.25, 0.3) is 0 Å². The maximum Gasteiger partial charge on any atom is 0.339 e. The average Bonchev–Trinajstić information content (AvgIpc) is 2.46. The molecule has 0 saturated carbocycles. The molecule has 0 aliphatic carbocycles. The lowest BCUT2D eigenvalue weighted by molar-refractivity contribution is -0.136. The number of methoxy groups -OCH3 is 2. The van der Waals surface area contributed by atoms with Crippen LogP contribution >= 0.6 is 11.6 Å². The fourth-order valence-corrected chi connectivity index (χ4v) is 2.08. The summed E-state index contributed by atoms with van der Waals surface area (Å²) >= 11 is 5.82. The van der Waals surface area contributed by atoms with Crippen molar-refractivity contribution in [1.82, 2.24) is 4.90 Å². The monoisotopic (exact) mass is 298 g/mol. The topological polar surface area (TPSA) is 79.6 Å². The zero-order chi connectivity index (χ0) is 15.3. The number of halogens is 1. The van der Waals surface area contributed by atoms with E-state index >= 15 is 0 Å². The van der Waals surface area contributed by atoms with Gasteiger partial charge in [0.2, 0.25) is 0 Å². The van der Waals surface area contributed by atoms with E-state index in [2.05, 4.69) is 4.74 Å². The summed E-state index contributed by atoms with van der Waals surface area (Å²) in [5, 5.41) is 8.04. The first-order chi connectivity index (χ1) is 9.44. The zero-order valence-electron chi connectivity index (χ0n) is 11.4. The van der Waals surface area contributed by atoms with E-state index in [-0.39, 0.29) is 17.6 Å². The Labute approximate surface area is 122 Å². The number of carbonyl (C=O) groups is 2. The molecule has 2 atom stereocenters. The van der Waals surface area contributed by atoms with Gasteiger partial charge in [-0.25, -0.2) is 9.59 Å². The van der Waals surface area contributed by atoms with E-state index in [9.17, 15) is 9.59 Å². The van der Waals surface area contributed by atoms with Crippen molar-refractivity contribution in [2.24, 2.45) is 0 Å². The van der Waals surface area contributed by atoms with Gasteiger partial charge in [0.1, 0.15) is 5.38 Å². The minimum Gasteiger partial charge on any atom is -0.466 e. The van der Waals surface area contributed by atoms with E-state index in [1.165, 1.54) is 20.3 Å². The van der Waals surface area contributed by atoms with Gasteiger partial charge >= 0.3 is 11.9 Å². The summed E-state index contributed by atoms with van der Waals surface area (Å²) in [6.07, 6.45) is 3.19. The van der Waals surface area contributed by atoms with Crippen LogP contribution in [0.15, 0.2) is 23.4 Å². The molecule has 2 unspecified atom stereocenters. The fraction of sp³-hybridized carbons (Fsp3) is 0.462. The molecule has 0 fully saturated rings. The summed E-state index contributed by atoms with van der Waals surface area (Å²) in [6.45, 7) is 0. The summed E-state index contributed by atoms with van der Waals surface area (Å²) in [6, 6.07) is 1.47. The molecule has 20 heavy (non-hydrogen) atoms. The molecular weight excluding hydrogens is 284 g/mol.